The van der Waals surface area contributed by atoms with E-state index in [2.05, 4.69) is 10.1 Å². The molecule has 2 N–H and O–H groups in total. The number of nitrogens with one attached hydrogen (secondary N) is 2. The standard InChI is InChI=1S/C42H30N6O3/c43-29-33(42(49)46-50)28-30-16-22-37(23-17-30)48(36-14-8-3-9-15-36)39-26-20-32(21-27-39)41(45)51-40(44)31-18-24-38(25-19-31)47(34-10-4-1-5-11-34)35-12-6-2-7-13-35/h1-28,44-45H/b33-28+,44-40?,45-41?. The molecule has 1 amide bonds. The van der Waals surface area contributed by atoms with Crippen molar-refractivity contribution in [1.82, 2.24) is 0 Å². The molecule has 0 atom stereocenters. The molecule has 0 aromatic heterocycles. The van der Waals surface area contributed by atoms with E-state index in [9.17, 15) is 15.0 Å². The molecule has 6 aromatic carbocycles. The lowest BCUT2D eigenvalue weighted by atomic mass is 10.1. The lowest BCUT2D eigenvalue weighted by Gasteiger charge is -2.26. The summed E-state index contributed by atoms with van der Waals surface area (Å²) in [4.78, 5) is 26.4. The second-order valence-corrected chi connectivity index (χ2v) is 11.2. The van der Waals surface area contributed by atoms with E-state index >= 15 is 0 Å². The number of benzene rings is 6. The lowest BCUT2D eigenvalue weighted by Crippen LogP contribution is -2.14. The number of nitroso groups, excluding NO2 is 1. The number of anilines is 6. The number of rotatable bonds is 10. The minimum absolute atomic E-state index is 0.146. The molecule has 6 aromatic rings. The molecule has 0 bridgehead atoms. The number of hydrogen-bond acceptors (Lipinski definition) is 8. The molecule has 0 saturated carbocycles. The van der Waals surface area contributed by atoms with Gasteiger partial charge in [0, 0.05) is 50.4 Å². The average molecular weight is 667 g/mol. The maximum absolute atomic E-state index is 11.6. The van der Waals surface area contributed by atoms with Crippen molar-refractivity contribution in [3.05, 3.63) is 191 Å². The Balaban J connectivity index is 1.19. The van der Waals surface area contributed by atoms with Gasteiger partial charge in [0.15, 0.2) is 0 Å². The van der Waals surface area contributed by atoms with Gasteiger partial charge in [-0.2, -0.15) is 5.26 Å². The van der Waals surface area contributed by atoms with Crippen LogP contribution in [0.2, 0.25) is 0 Å². The summed E-state index contributed by atoms with van der Waals surface area (Å²) in [7, 11) is 0. The maximum atomic E-state index is 11.6. The smallest absolute Gasteiger partial charge is 0.327 e. The molecule has 0 spiro atoms. The van der Waals surface area contributed by atoms with Crippen LogP contribution in [0, 0.1) is 27.1 Å². The average Bonchev–Trinajstić information content (AvgIpc) is 3.19. The Hall–Kier alpha value is -7.44. The zero-order chi connectivity index (χ0) is 35.6. The van der Waals surface area contributed by atoms with E-state index in [4.69, 9.17) is 15.6 Å². The minimum Gasteiger partial charge on any atom is -0.421 e. The van der Waals surface area contributed by atoms with Crippen LogP contribution in [-0.2, 0) is 9.53 Å². The van der Waals surface area contributed by atoms with Gasteiger partial charge in [-0.3, -0.25) is 15.6 Å². The zero-order valence-electron chi connectivity index (χ0n) is 27.2. The van der Waals surface area contributed by atoms with Gasteiger partial charge in [0.05, 0.1) is 0 Å². The third-order valence-electron chi connectivity index (χ3n) is 7.92. The van der Waals surface area contributed by atoms with Crippen LogP contribution in [0.15, 0.2) is 175 Å². The molecule has 0 aliphatic rings. The van der Waals surface area contributed by atoms with Crippen LogP contribution >= 0.6 is 0 Å². The van der Waals surface area contributed by atoms with E-state index in [1.165, 1.54) is 6.08 Å². The monoisotopic (exact) mass is 666 g/mol. The summed E-state index contributed by atoms with van der Waals surface area (Å²) in [6.07, 6.45) is 1.32. The molecule has 9 nitrogen and oxygen atoms in total. The van der Waals surface area contributed by atoms with Gasteiger partial charge in [-0.15, -0.1) is 4.91 Å². The largest absolute Gasteiger partial charge is 0.421 e. The van der Waals surface area contributed by atoms with Crippen LogP contribution in [0.4, 0.5) is 34.1 Å². The molecule has 9 heteroatoms. The number of carbonyl (C=O) groups is 1. The van der Waals surface area contributed by atoms with Gasteiger partial charge >= 0.3 is 5.91 Å². The first-order valence-corrected chi connectivity index (χ1v) is 15.9. The predicted octanol–water partition coefficient (Wildman–Crippen LogP) is 10.2. The lowest BCUT2D eigenvalue weighted by molar-refractivity contribution is -0.114. The summed E-state index contributed by atoms with van der Waals surface area (Å²) in [6, 6.07) is 53.3. The quantitative estimate of drug-likeness (QED) is 0.0491. The van der Waals surface area contributed by atoms with E-state index in [0.717, 1.165) is 34.1 Å². The van der Waals surface area contributed by atoms with E-state index in [1.807, 2.05) is 144 Å². The molecule has 0 unspecified atom stereocenters. The van der Waals surface area contributed by atoms with Gasteiger partial charge in [0.25, 0.3) is 0 Å². The summed E-state index contributed by atoms with van der Waals surface area (Å²) in [5, 5.41) is 28.8. The minimum atomic E-state index is -1.12. The van der Waals surface area contributed by atoms with Crippen LogP contribution in [-0.4, -0.2) is 17.7 Å². The first-order valence-electron chi connectivity index (χ1n) is 15.9. The van der Waals surface area contributed by atoms with E-state index in [0.29, 0.717) is 16.7 Å². The highest BCUT2D eigenvalue weighted by Gasteiger charge is 2.16. The summed E-state index contributed by atoms with van der Waals surface area (Å²) in [5.74, 6) is -1.43. The van der Waals surface area contributed by atoms with E-state index in [-0.39, 0.29) is 17.4 Å². The first kappa shape index (κ1) is 33.5. The number of nitrogens with zero attached hydrogens (tertiary/aromatic N) is 4. The highest BCUT2D eigenvalue weighted by Crippen LogP contribution is 2.36. The summed E-state index contributed by atoms with van der Waals surface area (Å²) < 4.78 is 5.70. The number of carbonyl (C=O) groups excluding carboxylic acids is 1. The van der Waals surface area contributed by atoms with Crippen LogP contribution in [0.3, 0.4) is 0 Å². The molecule has 0 heterocycles. The Morgan fingerprint density at radius 2 is 0.882 bits per heavy atom. The topological polar surface area (TPSA) is 134 Å². The Morgan fingerprint density at radius 3 is 1.22 bits per heavy atom. The maximum Gasteiger partial charge on any atom is 0.327 e. The molecule has 51 heavy (non-hydrogen) atoms. The number of hydrogen-bond donors (Lipinski definition) is 2. The molecular weight excluding hydrogens is 637 g/mol. The van der Waals surface area contributed by atoms with Crippen LogP contribution in [0.25, 0.3) is 6.08 Å². The molecule has 0 radical (unpaired) electrons. The van der Waals surface area contributed by atoms with Gasteiger partial charge in [-0.1, -0.05) is 66.7 Å². The van der Waals surface area contributed by atoms with Crippen molar-refractivity contribution in [3.63, 3.8) is 0 Å². The van der Waals surface area contributed by atoms with Gasteiger partial charge in [-0.05, 0) is 109 Å². The first-order chi connectivity index (χ1) is 24.9. The van der Waals surface area contributed by atoms with Crippen molar-refractivity contribution in [2.75, 3.05) is 9.80 Å². The SMILES string of the molecule is N#C/C(=C\c1ccc(N(c2ccccc2)c2ccc(C(=N)OC(=N)c3ccc(N(c4ccccc4)c4ccccc4)cc3)cc2)cc1)C(=O)N=O. The van der Waals surface area contributed by atoms with Crippen LogP contribution in [0.1, 0.15) is 16.7 Å². The summed E-state index contributed by atoms with van der Waals surface area (Å²) >= 11 is 0. The van der Waals surface area contributed by atoms with Crippen molar-refractivity contribution in [3.8, 4) is 6.07 Å². The Kier molecular flexibility index (Phi) is 10.3. The number of ether oxygens (including phenoxy) is 1. The van der Waals surface area contributed by atoms with E-state index < -0.39 is 5.91 Å². The predicted molar refractivity (Wildman–Crippen MR) is 201 cm³/mol. The van der Waals surface area contributed by atoms with Crippen molar-refractivity contribution >= 4 is 57.9 Å². The number of amides is 1. The molecular formula is C42H30N6O3. The molecule has 0 aliphatic heterocycles. The van der Waals surface area contributed by atoms with Crippen molar-refractivity contribution in [2.45, 2.75) is 0 Å². The van der Waals surface area contributed by atoms with Crippen LogP contribution in [0.5, 0.6) is 0 Å². The Morgan fingerprint density at radius 1 is 0.549 bits per heavy atom. The van der Waals surface area contributed by atoms with Gasteiger partial charge < -0.3 is 14.5 Å². The van der Waals surface area contributed by atoms with Crippen molar-refractivity contribution in [2.24, 2.45) is 5.18 Å². The normalized spacial score (nSPS) is 10.8. The Labute approximate surface area is 294 Å². The van der Waals surface area contributed by atoms with Crippen molar-refractivity contribution in [1.29, 1.82) is 16.1 Å². The highest BCUT2D eigenvalue weighted by molar-refractivity contribution is 6.05. The third kappa shape index (κ3) is 7.83. The second kappa shape index (κ2) is 15.6. The third-order valence-corrected chi connectivity index (χ3v) is 7.92. The fraction of sp³-hybridized carbons (Fsp3) is 0. The zero-order valence-corrected chi connectivity index (χ0v) is 27.2. The summed E-state index contributed by atoms with van der Waals surface area (Å²) in [5.41, 5.74) is 6.62. The number of para-hydroxylation sites is 3. The fourth-order valence-corrected chi connectivity index (χ4v) is 5.45. The number of nitriles is 1. The molecule has 0 fully saturated rings. The van der Waals surface area contributed by atoms with E-state index in [1.54, 1.807) is 30.3 Å². The van der Waals surface area contributed by atoms with Crippen molar-refractivity contribution < 1.29 is 9.53 Å². The molecule has 0 saturated heterocycles. The summed E-state index contributed by atoms with van der Waals surface area (Å²) in [6.45, 7) is 0. The van der Waals surface area contributed by atoms with Gasteiger partial charge in [-0.25, -0.2) is 0 Å². The fourth-order valence-electron chi connectivity index (χ4n) is 5.45. The molecule has 246 valence electrons. The van der Waals surface area contributed by atoms with Gasteiger partial charge in [0.2, 0.25) is 11.8 Å². The van der Waals surface area contributed by atoms with Gasteiger partial charge in [0.1, 0.15) is 11.6 Å². The molecule has 6 rings (SSSR count). The van der Waals surface area contributed by atoms with Crippen LogP contribution < -0.4 is 9.80 Å². The Bertz CT molecular complexity index is 2190. The second-order valence-electron chi connectivity index (χ2n) is 11.2. The molecule has 0 aliphatic carbocycles. The highest BCUT2D eigenvalue weighted by atomic mass is 16.5.